The topological polar surface area (TPSA) is 75.9 Å². The number of halogens is 5. The van der Waals surface area contributed by atoms with Crippen LogP contribution in [0.5, 0.6) is 0 Å². The van der Waals surface area contributed by atoms with Gasteiger partial charge in [0.1, 0.15) is 23.7 Å². The summed E-state index contributed by atoms with van der Waals surface area (Å²) in [6.45, 7) is 3.86. The highest BCUT2D eigenvalue weighted by Gasteiger charge is 2.42. The van der Waals surface area contributed by atoms with Crippen molar-refractivity contribution in [1.82, 2.24) is 29.7 Å². The van der Waals surface area contributed by atoms with E-state index < -0.39 is 24.8 Å². The number of hydrogen-bond acceptors (Lipinski definition) is 7. The van der Waals surface area contributed by atoms with Crippen LogP contribution in [-0.2, 0) is 12.7 Å². The van der Waals surface area contributed by atoms with Crippen molar-refractivity contribution in [2.45, 2.75) is 45.3 Å². The number of anilines is 2. The number of nitrogens with zero attached hydrogens (tertiary/aromatic N) is 8. The summed E-state index contributed by atoms with van der Waals surface area (Å²) in [5.74, 6) is 1.12. The zero-order chi connectivity index (χ0) is 24.1. The standard InChI is InChI=1S/C21H23F5N8/c1-13-18(28-9-15(30-13)21(24,25)26)33-7-4-20(12-33)2-5-32(6-3-20)17-10-27-14-8-29-34(11-16(22)23)19(14)31-17/h8-10,16H,2-7,11-12H2,1H3. The molecule has 34 heavy (non-hydrogen) atoms. The third-order valence-corrected chi connectivity index (χ3v) is 6.74. The predicted molar refractivity (Wildman–Crippen MR) is 114 cm³/mol. The van der Waals surface area contributed by atoms with Crippen molar-refractivity contribution in [3.8, 4) is 0 Å². The minimum Gasteiger partial charge on any atom is -0.355 e. The van der Waals surface area contributed by atoms with Crippen molar-refractivity contribution >= 4 is 22.8 Å². The van der Waals surface area contributed by atoms with Gasteiger partial charge in [0.2, 0.25) is 0 Å². The fourth-order valence-corrected chi connectivity index (χ4v) is 4.91. The molecule has 5 rings (SSSR count). The SMILES string of the molecule is Cc1nc(C(F)(F)F)cnc1N1CCC2(CCN(c3cnc4cnn(CC(F)F)c4n3)CC2)C1. The van der Waals surface area contributed by atoms with Gasteiger partial charge in [-0.15, -0.1) is 0 Å². The van der Waals surface area contributed by atoms with Crippen LogP contribution in [0.2, 0.25) is 0 Å². The summed E-state index contributed by atoms with van der Waals surface area (Å²) in [4.78, 5) is 20.8. The van der Waals surface area contributed by atoms with Crippen molar-refractivity contribution in [1.29, 1.82) is 0 Å². The maximum atomic E-state index is 12.9. The van der Waals surface area contributed by atoms with E-state index in [1.807, 2.05) is 4.90 Å². The highest BCUT2D eigenvalue weighted by molar-refractivity contribution is 5.71. The summed E-state index contributed by atoms with van der Waals surface area (Å²) < 4.78 is 65.6. The van der Waals surface area contributed by atoms with Crippen molar-refractivity contribution < 1.29 is 22.0 Å². The number of fused-ring (bicyclic) bond motifs is 1. The Hall–Kier alpha value is -3.12. The van der Waals surface area contributed by atoms with E-state index in [1.54, 1.807) is 13.1 Å². The molecule has 0 unspecified atom stereocenters. The highest BCUT2D eigenvalue weighted by atomic mass is 19.4. The van der Waals surface area contributed by atoms with Crippen LogP contribution in [0.15, 0.2) is 18.6 Å². The van der Waals surface area contributed by atoms with E-state index in [2.05, 4.69) is 29.9 Å². The normalized spacial score (nSPS) is 18.6. The summed E-state index contributed by atoms with van der Waals surface area (Å²) in [7, 11) is 0. The third-order valence-electron chi connectivity index (χ3n) is 6.74. The average molecular weight is 482 g/mol. The van der Waals surface area contributed by atoms with E-state index in [1.165, 1.54) is 10.9 Å². The Bertz CT molecular complexity index is 1190. The van der Waals surface area contributed by atoms with Crippen LogP contribution in [0.3, 0.4) is 0 Å². The van der Waals surface area contributed by atoms with E-state index >= 15 is 0 Å². The lowest BCUT2D eigenvalue weighted by molar-refractivity contribution is -0.141. The van der Waals surface area contributed by atoms with Crippen molar-refractivity contribution in [3.63, 3.8) is 0 Å². The lowest BCUT2D eigenvalue weighted by atomic mass is 9.78. The summed E-state index contributed by atoms with van der Waals surface area (Å²) in [5.41, 5.74) is 0.124. The minimum atomic E-state index is -4.52. The summed E-state index contributed by atoms with van der Waals surface area (Å²) >= 11 is 0. The lowest BCUT2D eigenvalue weighted by Gasteiger charge is -2.39. The molecule has 8 nitrogen and oxygen atoms in total. The average Bonchev–Trinajstić information content (AvgIpc) is 3.37. The monoisotopic (exact) mass is 482 g/mol. The molecule has 5 heterocycles. The van der Waals surface area contributed by atoms with Crippen LogP contribution in [0.4, 0.5) is 33.6 Å². The van der Waals surface area contributed by atoms with Crippen molar-refractivity contribution in [2.24, 2.45) is 5.41 Å². The van der Waals surface area contributed by atoms with Crippen LogP contribution in [0, 0.1) is 12.3 Å². The second kappa shape index (κ2) is 8.27. The lowest BCUT2D eigenvalue weighted by Crippen LogP contribution is -2.42. The quantitative estimate of drug-likeness (QED) is 0.525. The predicted octanol–water partition coefficient (Wildman–Crippen LogP) is 3.71. The molecule has 3 aromatic heterocycles. The summed E-state index contributed by atoms with van der Waals surface area (Å²) in [5, 5.41) is 3.96. The Balaban J connectivity index is 1.27. The number of piperidine rings is 1. The van der Waals surface area contributed by atoms with Gasteiger partial charge in [0.05, 0.1) is 24.3 Å². The Morgan fingerprint density at radius 1 is 0.971 bits per heavy atom. The molecule has 13 heteroatoms. The molecule has 0 saturated carbocycles. The third kappa shape index (κ3) is 4.23. The zero-order valence-corrected chi connectivity index (χ0v) is 18.4. The number of aryl methyl sites for hydroxylation is 1. The Morgan fingerprint density at radius 2 is 1.68 bits per heavy atom. The highest BCUT2D eigenvalue weighted by Crippen LogP contribution is 2.42. The molecule has 0 amide bonds. The first-order chi connectivity index (χ1) is 16.1. The second-order valence-corrected chi connectivity index (χ2v) is 8.98. The molecule has 0 aromatic carbocycles. The minimum absolute atomic E-state index is 0.0301. The summed E-state index contributed by atoms with van der Waals surface area (Å²) in [6.07, 6.45) is -0.544. The fourth-order valence-electron chi connectivity index (χ4n) is 4.91. The van der Waals surface area contributed by atoms with Gasteiger partial charge >= 0.3 is 6.18 Å². The number of aromatic nitrogens is 6. The molecule has 2 aliphatic heterocycles. The van der Waals surface area contributed by atoms with Gasteiger partial charge in [-0.2, -0.15) is 18.3 Å². The molecule has 2 aliphatic rings. The van der Waals surface area contributed by atoms with Gasteiger partial charge < -0.3 is 9.80 Å². The fraction of sp³-hybridized carbons (Fsp3) is 0.571. The van der Waals surface area contributed by atoms with Crippen molar-refractivity contribution in [2.75, 3.05) is 36.0 Å². The van der Waals surface area contributed by atoms with Crippen LogP contribution >= 0.6 is 0 Å². The van der Waals surface area contributed by atoms with E-state index in [-0.39, 0.29) is 11.1 Å². The molecule has 0 atom stereocenters. The van der Waals surface area contributed by atoms with Gasteiger partial charge in [-0.1, -0.05) is 0 Å². The molecule has 0 aliphatic carbocycles. The van der Waals surface area contributed by atoms with E-state index in [4.69, 9.17) is 0 Å². The first-order valence-electron chi connectivity index (χ1n) is 11.0. The first kappa shape index (κ1) is 22.7. The van der Waals surface area contributed by atoms with Crippen molar-refractivity contribution in [3.05, 3.63) is 30.0 Å². The first-order valence-corrected chi connectivity index (χ1v) is 11.0. The van der Waals surface area contributed by atoms with Gasteiger partial charge in [0, 0.05) is 26.2 Å². The molecule has 2 fully saturated rings. The number of hydrogen-bond donors (Lipinski definition) is 0. The molecule has 0 bridgehead atoms. The van der Waals surface area contributed by atoms with Crippen LogP contribution in [0.1, 0.15) is 30.7 Å². The van der Waals surface area contributed by atoms with E-state index in [0.717, 1.165) is 25.5 Å². The van der Waals surface area contributed by atoms with E-state index in [9.17, 15) is 22.0 Å². The Morgan fingerprint density at radius 3 is 2.32 bits per heavy atom. The molecule has 2 saturated heterocycles. The van der Waals surface area contributed by atoms with Crippen LogP contribution in [-0.4, -0.2) is 62.3 Å². The molecule has 182 valence electrons. The van der Waals surface area contributed by atoms with Gasteiger partial charge in [0.25, 0.3) is 6.43 Å². The molecule has 3 aromatic rings. The van der Waals surface area contributed by atoms with Gasteiger partial charge in [-0.25, -0.2) is 33.4 Å². The van der Waals surface area contributed by atoms with Gasteiger partial charge in [0.15, 0.2) is 11.3 Å². The largest absolute Gasteiger partial charge is 0.434 e. The molecule has 0 N–H and O–H groups in total. The zero-order valence-electron chi connectivity index (χ0n) is 18.4. The van der Waals surface area contributed by atoms with E-state index in [0.29, 0.717) is 49.0 Å². The maximum absolute atomic E-state index is 12.9. The van der Waals surface area contributed by atoms with Crippen LogP contribution < -0.4 is 9.80 Å². The smallest absolute Gasteiger partial charge is 0.355 e. The maximum Gasteiger partial charge on any atom is 0.434 e. The molecule has 0 radical (unpaired) electrons. The Kier molecular flexibility index (Phi) is 5.52. The number of rotatable bonds is 4. The number of alkyl halides is 5. The molecular weight excluding hydrogens is 459 g/mol. The van der Waals surface area contributed by atoms with Gasteiger partial charge in [-0.05, 0) is 31.6 Å². The second-order valence-electron chi connectivity index (χ2n) is 8.98. The summed E-state index contributed by atoms with van der Waals surface area (Å²) in [6, 6.07) is 0. The molecular formula is C21H23F5N8. The molecule has 1 spiro atoms. The van der Waals surface area contributed by atoms with Gasteiger partial charge in [-0.3, -0.25) is 0 Å². The Labute approximate surface area is 191 Å². The van der Waals surface area contributed by atoms with Crippen LogP contribution in [0.25, 0.3) is 11.2 Å².